The molecule has 1 nitrogen and oxygen atoms in total. The lowest BCUT2D eigenvalue weighted by molar-refractivity contribution is 0.321. The van der Waals surface area contributed by atoms with E-state index in [1.807, 2.05) is 0 Å². The average Bonchev–Trinajstić information content (AvgIpc) is 2.74. The number of nitrogens with one attached hydrogen (secondary N) is 1. The van der Waals surface area contributed by atoms with E-state index in [1.54, 1.807) is 5.56 Å². The van der Waals surface area contributed by atoms with Gasteiger partial charge in [0.2, 0.25) is 0 Å². The zero-order chi connectivity index (χ0) is 11.8. The molecular weight excluding hydrogens is 206 g/mol. The molecule has 0 spiro atoms. The summed E-state index contributed by atoms with van der Waals surface area (Å²) in [5.41, 5.74) is 5.83. The Morgan fingerprint density at radius 2 is 1.82 bits per heavy atom. The Morgan fingerprint density at radius 1 is 1.06 bits per heavy atom. The van der Waals surface area contributed by atoms with Crippen LogP contribution in [-0.2, 0) is 6.42 Å². The van der Waals surface area contributed by atoms with Crippen LogP contribution in [0.5, 0.6) is 0 Å². The highest BCUT2D eigenvalue weighted by atomic mass is 15.0. The predicted octanol–water partition coefficient (Wildman–Crippen LogP) is 4.22. The number of hydrogen-bond donors (Lipinski definition) is 1. The summed E-state index contributed by atoms with van der Waals surface area (Å²) in [5.74, 6) is 0.913. The second kappa shape index (κ2) is 4.36. The molecule has 1 fully saturated rings. The van der Waals surface area contributed by atoms with Gasteiger partial charge < -0.3 is 5.32 Å². The number of fused-ring (bicyclic) bond motifs is 1. The van der Waals surface area contributed by atoms with Gasteiger partial charge in [0, 0.05) is 11.7 Å². The summed E-state index contributed by atoms with van der Waals surface area (Å²) >= 11 is 0. The molecule has 0 saturated heterocycles. The monoisotopic (exact) mass is 229 g/mol. The Labute approximate surface area is 105 Å². The van der Waals surface area contributed by atoms with Crippen molar-refractivity contribution >= 4 is 5.69 Å². The maximum atomic E-state index is 3.80. The van der Waals surface area contributed by atoms with E-state index in [0.717, 1.165) is 5.92 Å². The van der Waals surface area contributed by atoms with E-state index in [1.165, 1.54) is 55.3 Å². The van der Waals surface area contributed by atoms with Crippen LogP contribution in [0.25, 0.3) is 0 Å². The van der Waals surface area contributed by atoms with Crippen molar-refractivity contribution in [3.8, 4) is 0 Å². The van der Waals surface area contributed by atoms with E-state index >= 15 is 0 Å². The SMILES string of the molecule is Cc1cc(C)c2c(c1)CC(C1CCCCC1)N2. The van der Waals surface area contributed by atoms with Crippen molar-refractivity contribution in [1.82, 2.24) is 0 Å². The first kappa shape index (κ1) is 11.1. The van der Waals surface area contributed by atoms with Gasteiger partial charge in [0.25, 0.3) is 0 Å². The largest absolute Gasteiger partial charge is 0.381 e. The molecule has 0 aromatic heterocycles. The summed E-state index contributed by atoms with van der Waals surface area (Å²) in [6.07, 6.45) is 8.46. The second-order valence-corrected chi connectivity index (χ2v) is 5.97. The Bertz CT molecular complexity index is 416. The van der Waals surface area contributed by atoms with Crippen LogP contribution in [0.15, 0.2) is 12.1 Å². The molecule has 1 heteroatoms. The molecule has 1 heterocycles. The summed E-state index contributed by atoms with van der Waals surface area (Å²) in [5, 5.41) is 3.80. The van der Waals surface area contributed by atoms with Gasteiger partial charge in [-0.25, -0.2) is 0 Å². The molecule has 3 rings (SSSR count). The van der Waals surface area contributed by atoms with Crippen LogP contribution < -0.4 is 5.32 Å². The van der Waals surface area contributed by atoms with Crippen molar-refractivity contribution in [2.75, 3.05) is 5.32 Å². The van der Waals surface area contributed by atoms with Crippen LogP contribution in [0.3, 0.4) is 0 Å². The van der Waals surface area contributed by atoms with Crippen molar-refractivity contribution in [1.29, 1.82) is 0 Å². The minimum Gasteiger partial charge on any atom is -0.381 e. The minimum atomic E-state index is 0.714. The Balaban J connectivity index is 1.80. The molecular formula is C16H23N. The molecule has 0 bridgehead atoms. The third-order valence-corrected chi connectivity index (χ3v) is 4.55. The quantitative estimate of drug-likeness (QED) is 0.760. The maximum absolute atomic E-state index is 3.80. The molecule has 1 N–H and O–H groups in total. The fraction of sp³-hybridized carbons (Fsp3) is 0.625. The molecule has 2 aliphatic rings. The molecule has 0 amide bonds. The molecule has 17 heavy (non-hydrogen) atoms. The van der Waals surface area contributed by atoms with Gasteiger partial charge in [-0.15, -0.1) is 0 Å². The minimum absolute atomic E-state index is 0.714. The molecule has 0 radical (unpaired) electrons. The summed E-state index contributed by atoms with van der Waals surface area (Å²) in [7, 11) is 0. The smallest absolute Gasteiger partial charge is 0.0405 e. The van der Waals surface area contributed by atoms with Gasteiger partial charge in [-0.2, -0.15) is 0 Å². The highest BCUT2D eigenvalue weighted by Crippen LogP contribution is 2.37. The third kappa shape index (κ3) is 2.08. The highest BCUT2D eigenvalue weighted by Gasteiger charge is 2.29. The van der Waals surface area contributed by atoms with E-state index < -0.39 is 0 Å². The van der Waals surface area contributed by atoms with Gasteiger partial charge in [-0.3, -0.25) is 0 Å². The zero-order valence-electron chi connectivity index (χ0n) is 11.1. The number of anilines is 1. The van der Waals surface area contributed by atoms with Crippen LogP contribution in [0.4, 0.5) is 5.69 Å². The highest BCUT2D eigenvalue weighted by molar-refractivity contribution is 5.63. The van der Waals surface area contributed by atoms with Gasteiger partial charge in [0.05, 0.1) is 0 Å². The molecule has 1 aliphatic carbocycles. The van der Waals surface area contributed by atoms with Gasteiger partial charge in [-0.05, 0) is 50.2 Å². The van der Waals surface area contributed by atoms with Crippen molar-refractivity contribution < 1.29 is 0 Å². The maximum Gasteiger partial charge on any atom is 0.0405 e. The number of benzene rings is 1. The molecule has 1 aliphatic heterocycles. The Hall–Kier alpha value is -0.980. The van der Waals surface area contributed by atoms with Gasteiger partial charge in [0.1, 0.15) is 0 Å². The first-order valence-corrected chi connectivity index (χ1v) is 7.11. The number of aryl methyl sites for hydroxylation is 2. The van der Waals surface area contributed by atoms with E-state index in [0.29, 0.717) is 6.04 Å². The van der Waals surface area contributed by atoms with Crippen LogP contribution in [-0.4, -0.2) is 6.04 Å². The molecule has 1 saturated carbocycles. The standard InChI is InChI=1S/C16H23N/c1-11-8-12(2)16-14(9-11)10-15(17-16)13-6-4-3-5-7-13/h8-9,13,15,17H,3-7,10H2,1-2H3. The molecule has 1 aromatic rings. The lowest BCUT2D eigenvalue weighted by Gasteiger charge is -2.27. The van der Waals surface area contributed by atoms with Gasteiger partial charge >= 0.3 is 0 Å². The predicted molar refractivity (Wildman–Crippen MR) is 73.6 cm³/mol. The van der Waals surface area contributed by atoms with Crippen molar-refractivity contribution in [3.05, 3.63) is 28.8 Å². The van der Waals surface area contributed by atoms with Gasteiger partial charge in [-0.1, -0.05) is 37.0 Å². The van der Waals surface area contributed by atoms with Gasteiger partial charge in [0.15, 0.2) is 0 Å². The van der Waals surface area contributed by atoms with E-state index in [4.69, 9.17) is 0 Å². The number of hydrogen-bond acceptors (Lipinski definition) is 1. The molecule has 92 valence electrons. The molecule has 1 unspecified atom stereocenters. The summed E-state index contributed by atoms with van der Waals surface area (Å²) in [4.78, 5) is 0. The zero-order valence-corrected chi connectivity index (χ0v) is 11.1. The normalized spacial score (nSPS) is 24.5. The van der Waals surface area contributed by atoms with Crippen molar-refractivity contribution in [2.45, 2.75) is 58.4 Å². The first-order chi connectivity index (χ1) is 8.24. The van der Waals surface area contributed by atoms with Crippen LogP contribution in [0.1, 0.15) is 48.8 Å². The van der Waals surface area contributed by atoms with Crippen molar-refractivity contribution in [2.24, 2.45) is 5.92 Å². The topological polar surface area (TPSA) is 12.0 Å². The van der Waals surface area contributed by atoms with Crippen LogP contribution >= 0.6 is 0 Å². The van der Waals surface area contributed by atoms with E-state index in [9.17, 15) is 0 Å². The Morgan fingerprint density at radius 3 is 2.59 bits per heavy atom. The second-order valence-electron chi connectivity index (χ2n) is 5.97. The fourth-order valence-electron chi connectivity index (χ4n) is 3.72. The lowest BCUT2D eigenvalue weighted by atomic mass is 9.83. The molecule has 1 atom stereocenters. The van der Waals surface area contributed by atoms with E-state index in [-0.39, 0.29) is 0 Å². The van der Waals surface area contributed by atoms with Crippen LogP contribution in [0, 0.1) is 19.8 Å². The first-order valence-electron chi connectivity index (χ1n) is 7.11. The molecule has 1 aromatic carbocycles. The third-order valence-electron chi connectivity index (χ3n) is 4.55. The fourth-order valence-corrected chi connectivity index (χ4v) is 3.72. The van der Waals surface area contributed by atoms with Crippen molar-refractivity contribution in [3.63, 3.8) is 0 Å². The number of rotatable bonds is 1. The lowest BCUT2D eigenvalue weighted by Crippen LogP contribution is -2.28. The summed E-state index contributed by atoms with van der Waals surface area (Å²) in [6.45, 7) is 4.45. The van der Waals surface area contributed by atoms with Crippen LogP contribution in [0.2, 0.25) is 0 Å². The van der Waals surface area contributed by atoms with E-state index in [2.05, 4.69) is 31.3 Å². The Kier molecular flexibility index (Phi) is 2.85. The average molecular weight is 229 g/mol. The summed E-state index contributed by atoms with van der Waals surface area (Å²) in [6, 6.07) is 5.39. The summed E-state index contributed by atoms with van der Waals surface area (Å²) < 4.78 is 0.